The van der Waals surface area contributed by atoms with E-state index in [9.17, 15) is 4.39 Å². The number of nitrogens with zero attached hydrogens (tertiary/aromatic N) is 4. The quantitative estimate of drug-likeness (QED) is 0.931. The summed E-state index contributed by atoms with van der Waals surface area (Å²) in [6.45, 7) is 1.71. The third-order valence-electron chi connectivity index (χ3n) is 4.50. The first-order valence-corrected chi connectivity index (χ1v) is 8.15. The summed E-state index contributed by atoms with van der Waals surface area (Å²) in [5.41, 5.74) is 1.18. The van der Waals surface area contributed by atoms with Gasteiger partial charge < -0.3 is 9.88 Å². The number of pyridine rings is 1. The van der Waals surface area contributed by atoms with Crippen LogP contribution in [0.15, 0.2) is 24.8 Å². The maximum absolute atomic E-state index is 13.9. The minimum atomic E-state index is -0.418. The van der Waals surface area contributed by atoms with Gasteiger partial charge in [0.15, 0.2) is 11.6 Å². The number of hydrogen-bond acceptors (Lipinski definition) is 4. The van der Waals surface area contributed by atoms with Crippen LogP contribution in [0, 0.1) is 11.7 Å². The Balaban J connectivity index is 1.75. The molecule has 0 saturated carbocycles. The monoisotopic (exact) mass is 337 g/mol. The van der Waals surface area contributed by atoms with Gasteiger partial charge in [-0.2, -0.15) is 0 Å². The van der Waals surface area contributed by atoms with Crippen molar-refractivity contribution in [2.75, 3.05) is 25.5 Å². The SMILES string of the molecule is CN1CCC[C@@H](CNc2ncc(Cl)cc2F)[C@@H]1c1cncn1C. The van der Waals surface area contributed by atoms with Gasteiger partial charge in [-0.1, -0.05) is 11.6 Å². The summed E-state index contributed by atoms with van der Waals surface area (Å²) in [6.07, 6.45) is 7.41. The van der Waals surface area contributed by atoms with Crippen LogP contribution >= 0.6 is 11.6 Å². The predicted molar refractivity (Wildman–Crippen MR) is 89.0 cm³/mol. The summed E-state index contributed by atoms with van der Waals surface area (Å²) in [5, 5.41) is 3.44. The number of rotatable bonds is 4. The van der Waals surface area contributed by atoms with E-state index in [1.807, 2.05) is 19.6 Å². The number of likely N-dealkylation sites (tertiary alicyclic amines) is 1. The van der Waals surface area contributed by atoms with Crippen LogP contribution in [0.3, 0.4) is 0 Å². The maximum atomic E-state index is 13.9. The molecular weight excluding hydrogens is 317 g/mol. The van der Waals surface area contributed by atoms with Gasteiger partial charge >= 0.3 is 0 Å². The Morgan fingerprint density at radius 3 is 2.91 bits per heavy atom. The number of nitrogens with one attached hydrogen (secondary N) is 1. The summed E-state index contributed by atoms with van der Waals surface area (Å²) in [7, 11) is 4.14. The fraction of sp³-hybridized carbons (Fsp3) is 0.500. The zero-order chi connectivity index (χ0) is 16.4. The van der Waals surface area contributed by atoms with Crippen LogP contribution in [0.1, 0.15) is 24.6 Å². The molecule has 7 heteroatoms. The molecule has 2 atom stereocenters. The molecule has 1 fully saturated rings. The standard InChI is InChI=1S/C16H21ClFN5/c1-22-5-3-4-11(15(22)14-9-19-10-23(14)2)7-20-16-13(18)6-12(17)8-21-16/h6,8-11,15H,3-5,7H2,1-2H3,(H,20,21)/t11-,15+/m0/s1. The minimum absolute atomic E-state index is 0.256. The molecule has 1 aliphatic rings. The van der Waals surface area contributed by atoms with E-state index in [4.69, 9.17) is 11.6 Å². The molecule has 0 aromatic carbocycles. The third-order valence-corrected chi connectivity index (χ3v) is 4.71. The van der Waals surface area contributed by atoms with Crippen molar-refractivity contribution in [3.63, 3.8) is 0 Å². The molecule has 1 aliphatic heterocycles. The first kappa shape index (κ1) is 16.2. The van der Waals surface area contributed by atoms with E-state index in [0.717, 1.165) is 19.4 Å². The molecule has 0 bridgehead atoms. The molecule has 1 saturated heterocycles. The Morgan fingerprint density at radius 2 is 2.22 bits per heavy atom. The van der Waals surface area contributed by atoms with Gasteiger partial charge in [0.05, 0.1) is 23.1 Å². The Morgan fingerprint density at radius 1 is 1.39 bits per heavy atom. The molecule has 23 heavy (non-hydrogen) atoms. The molecule has 0 radical (unpaired) electrons. The van der Waals surface area contributed by atoms with Gasteiger partial charge in [0.1, 0.15) is 0 Å². The highest BCUT2D eigenvalue weighted by Crippen LogP contribution is 2.34. The molecule has 2 aromatic rings. The molecule has 1 N–H and O–H groups in total. The smallest absolute Gasteiger partial charge is 0.166 e. The molecule has 3 heterocycles. The number of halogens is 2. The number of piperidine rings is 1. The van der Waals surface area contributed by atoms with Crippen molar-refractivity contribution in [2.24, 2.45) is 13.0 Å². The highest BCUT2D eigenvalue weighted by Gasteiger charge is 2.32. The van der Waals surface area contributed by atoms with Crippen molar-refractivity contribution in [3.05, 3.63) is 41.3 Å². The normalized spacial score (nSPS) is 22.3. The van der Waals surface area contributed by atoms with Crippen molar-refractivity contribution >= 4 is 17.4 Å². The van der Waals surface area contributed by atoms with Gasteiger partial charge in [-0.25, -0.2) is 14.4 Å². The third kappa shape index (κ3) is 3.48. The summed E-state index contributed by atoms with van der Waals surface area (Å²) in [5.74, 6) is 0.200. The van der Waals surface area contributed by atoms with E-state index in [1.54, 1.807) is 0 Å². The summed E-state index contributed by atoms with van der Waals surface area (Å²) < 4.78 is 15.9. The van der Waals surface area contributed by atoms with E-state index in [-0.39, 0.29) is 11.9 Å². The van der Waals surface area contributed by atoms with Crippen LogP contribution in [0.5, 0.6) is 0 Å². The zero-order valence-corrected chi connectivity index (χ0v) is 14.1. The Bertz CT molecular complexity index is 674. The van der Waals surface area contributed by atoms with Crippen molar-refractivity contribution in [1.29, 1.82) is 0 Å². The van der Waals surface area contributed by atoms with Gasteiger partial charge in [-0.15, -0.1) is 0 Å². The van der Waals surface area contributed by atoms with E-state index in [1.165, 1.54) is 18.0 Å². The van der Waals surface area contributed by atoms with Crippen molar-refractivity contribution in [3.8, 4) is 0 Å². The lowest BCUT2D eigenvalue weighted by molar-refractivity contribution is 0.122. The summed E-state index contributed by atoms with van der Waals surface area (Å²) in [4.78, 5) is 10.6. The topological polar surface area (TPSA) is 46.0 Å². The highest BCUT2D eigenvalue weighted by molar-refractivity contribution is 6.30. The van der Waals surface area contributed by atoms with Gasteiger partial charge in [0, 0.05) is 26.0 Å². The molecule has 3 rings (SSSR count). The fourth-order valence-corrected chi connectivity index (χ4v) is 3.51. The van der Waals surface area contributed by atoms with Gasteiger partial charge in [-0.3, -0.25) is 4.90 Å². The molecule has 124 valence electrons. The average Bonchev–Trinajstić information content (AvgIpc) is 2.92. The zero-order valence-electron chi connectivity index (χ0n) is 13.3. The molecule has 0 aliphatic carbocycles. The Labute approximate surface area is 140 Å². The maximum Gasteiger partial charge on any atom is 0.166 e. The van der Waals surface area contributed by atoms with Gasteiger partial charge in [0.25, 0.3) is 0 Å². The van der Waals surface area contributed by atoms with Crippen molar-refractivity contribution in [1.82, 2.24) is 19.4 Å². The number of hydrogen-bond donors (Lipinski definition) is 1. The minimum Gasteiger partial charge on any atom is -0.367 e. The van der Waals surface area contributed by atoms with Crippen molar-refractivity contribution < 1.29 is 4.39 Å². The number of aromatic nitrogens is 3. The molecule has 0 amide bonds. The van der Waals surface area contributed by atoms with E-state index < -0.39 is 5.82 Å². The Kier molecular flexibility index (Phi) is 4.82. The fourth-order valence-electron chi connectivity index (χ4n) is 3.37. The second kappa shape index (κ2) is 6.84. The molecule has 2 aromatic heterocycles. The number of imidazole rings is 1. The van der Waals surface area contributed by atoms with Gasteiger partial charge in [-0.05, 0) is 38.4 Å². The lowest BCUT2D eigenvalue weighted by Gasteiger charge is -2.39. The van der Waals surface area contributed by atoms with Crippen molar-refractivity contribution in [2.45, 2.75) is 18.9 Å². The van der Waals surface area contributed by atoms with E-state index >= 15 is 0 Å². The van der Waals surface area contributed by atoms with Crippen LogP contribution in [0.25, 0.3) is 0 Å². The van der Waals surface area contributed by atoms with E-state index in [0.29, 0.717) is 17.5 Å². The molecule has 0 unspecified atom stereocenters. The lowest BCUT2D eigenvalue weighted by Crippen LogP contribution is -2.39. The Hall–Kier alpha value is -1.66. The molecule has 5 nitrogen and oxygen atoms in total. The highest BCUT2D eigenvalue weighted by atomic mass is 35.5. The van der Waals surface area contributed by atoms with Crippen LogP contribution in [-0.4, -0.2) is 39.6 Å². The summed E-state index contributed by atoms with van der Waals surface area (Å²) >= 11 is 5.75. The first-order chi connectivity index (χ1) is 11.1. The second-order valence-corrected chi connectivity index (χ2v) is 6.56. The first-order valence-electron chi connectivity index (χ1n) is 7.77. The van der Waals surface area contributed by atoms with Crippen LogP contribution in [0.2, 0.25) is 5.02 Å². The van der Waals surface area contributed by atoms with Crippen LogP contribution in [0.4, 0.5) is 10.2 Å². The largest absolute Gasteiger partial charge is 0.367 e. The van der Waals surface area contributed by atoms with Crippen LogP contribution < -0.4 is 5.32 Å². The van der Waals surface area contributed by atoms with E-state index in [2.05, 4.69) is 31.8 Å². The predicted octanol–water partition coefficient (Wildman–Crippen LogP) is 3.10. The second-order valence-electron chi connectivity index (χ2n) is 6.12. The van der Waals surface area contributed by atoms with Gasteiger partial charge in [0.2, 0.25) is 0 Å². The average molecular weight is 338 g/mol. The lowest BCUT2D eigenvalue weighted by atomic mass is 9.87. The number of anilines is 1. The molecule has 0 spiro atoms. The number of aryl methyl sites for hydroxylation is 1. The van der Waals surface area contributed by atoms with Crippen LogP contribution in [-0.2, 0) is 7.05 Å². The summed E-state index contributed by atoms with van der Waals surface area (Å²) in [6, 6.07) is 1.54. The molecular formula is C16H21ClFN5.